The Morgan fingerprint density at radius 1 is 1.19 bits per heavy atom. The van der Waals surface area contributed by atoms with Crippen LogP contribution in [0, 0.1) is 0 Å². The third kappa shape index (κ3) is 3.23. The Balaban J connectivity index is 2.98. The van der Waals surface area contributed by atoms with Crippen molar-refractivity contribution in [3.05, 3.63) is 47.0 Å². The van der Waals surface area contributed by atoms with Crippen LogP contribution in [0.25, 0.3) is 0 Å². The second-order valence-corrected chi connectivity index (χ2v) is 4.45. The normalized spacial score (nSPS) is 13.2. The zero-order valence-corrected chi connectivity index (χ0v) is 11.1. The molecule has 0 bridgehead atoms. The predicted octanol–water partition coefficient (Wildman–Crippen LogP) is 4.88. The summed E-state index contributed by atoms with van der Waals surface area (Å²) in [6.07, 6.45) is 7.83. The van der Waals surface area contributed by atoms with Gasteiger partial charge in [-0.2, -0.15) is 0 Å². The summed E-state index contributed by atoms with van der Waals surface area (Å²) in [7, 11) is 0. The molecule has 0 saturated carbocycles. The lowest BCUT2D eigenvalue weighted by atomic mass is 9.90. The summed E-state index contributed by atoms with van der Waals surface area (Å²) in [5.74, 6) is 0.637. The minimum absolute atomic E-state index is 0.637. The summed E-state index contributed by atoms with van der Waals surface area (Å²) >= 11 is 0. The van der Waals surface area contributed by atoms with Crippen molar-refractivity contribution in [3.8, 4) is 0 Å². The minimum atomic E-state index is 0.637. The van der Waals surface area contributed by atoms with Gasteiger partial charge in [0.05, 0.1) is 0 Å². The molecule has 0 heterocycles. The van der Waals surface area contributed by atoms with Crippen LogP contribution >= 0.6 is 0 Å². The van der Waals surface area contributed by atoms with Gasteiger partial charge in [-0.3, -0.25) is 0 Å². The molecule has 0 radical (unpaired) electrons. The van der Waals surface area contributed by atoms with Crippen LogP contribution in [0.15, 0.2) is 30.4 Å². The molecule has 0 aromatic heterocycles. The van der Waals surface area contributed by atoms with Gasteiger partial charge in [-0.05, 0) is 48.8 Å². The fourth-order valence-electron chi connectivity index (χ4n) is 2.11. The molecule has 0 nitrogen and oxygen atoms in total. The average molecular weight is 216 g/mol. The van der Waals surface area contributed by atoms with Crippen molar-refractivity contribution in [2.24, 2.45) is 0 Å². The SMILES string of the molecule is C/C=C\CC(C)c1cc(CC)ccc1CC. The van der Waals surface area contributed by atoms with E-state index >= 15 is 0 Å². The quantitative estimate of drug-likeness (QED) is 0.615. The Morgan fingerprint density at radius 2 is 1.94 bits per heavy atom. The number of hydrogen-bond donors (Lipinski definition) is 0. The van der Waals surface area contributed by atoms with Gasteiger partial charge in [0.25, 0.3) is 0 Å². The van der Waals surface area contributed by atoms with Crippen molar-refractivity contribution in [2.75, 3.05) is 0 Å². The zero-order chi connectivity index (χ0) is 12.0. The van der Waals surface area contributed by atoms with Gasteiger partial charge in [0.1, 0.15) is 0 Å². The minimum Gasteiger partial charge on any atom is -0.0916 e. The van der Waals surface area contributed by atoms with Crippen LogP contribution in [0.1, 0.15) is 56.7 Å². The van der Waals surface area contributed by atoms with Gasteiger partial charge in [-0.1, -0.05) is 51.1 Å². The number of allylic oxidation sites excluding steroid dienone is 2. The maximum atomic E-state index is 2.40. The van der Waals surface area contributed by atoms with E-state index in [1.807, 2.05) is 0 Å². The van der Waals surface area contributed by atoms with Crippen molar-refractivity contribution >= 4 is 0 Å². The van der Waals surface area contributed by atoms with Crippen molar-refractivity contribution < 1.29 is 0 Å². The molecule has 0 aliphatic carbocycles. The van der Waals surface area contributed by atoms with Gasteiger partial charge in [0.15, 0.2) is 0 Å². The maximum absolute atomic E-state index is 2.40. The van der Waals surface area contributed by atoms with E-state index in [0.717, 1.165) is 19.3 Å². The highest BCUT2D eigenvalue weighted by atomic mass is 14.1. The van der Waals surface area contributed by atoms with Crippen molar-refractivity contribution in [1.29, 1.82) is 0 Å². The molecular weight excluding hydrogens is 192 g/mol. The van der Waals surface area contributed by atoms with E-state index in [4.69, 9.17) is 0 Å². The first-order valence-electron chi connectivity index (χ1n) is 6.45. The van der Waals surface area contributed by atoms with Crippen LogP contribution < -0.4 is 0 Å². The van der Waals surface area contributed by atoms with Gasteiger partial charge >= 0.3 is 0 Å². The van der Waals surface area contributed by atoms with Gasteiger partial charge in [-0.25, -0.2) is 0 Å². The number of rotatable bonds is 5. The molecule has 0 fully saturated rings. The molecule has 0 aliphatic heterocycles. The Labute approximate surface area is 100 Å². The smallest absolute Gasteiger partial charge is 0.0153 e. The molecule has 88 valence electrons. The first-order chi connectivity index (χ1) is 7.72. The molecule has 1 aromatic rings. The molecule has 0 spiro atoms. The van der Waals surface area contributed by atoms with Crippen LogP contribution in [0.2, 0.25) is 0 Å². The lowest BCUT2D eigenvalue weighted by Crippen LogP contribution is -1.99. The average Bonchev–Trinajstić information content (AvgIpc) is 2.35. The predicted molar refractivity (Wildman–Crippen MR) is 73.0 cm³/mol. The van der Waals surface area contributed by atoms with Crippen LogP contribution in [-0.4, -0.2) is 0 Å². The molecule has 16 heavy (non-hydrogen) atoms. The van der Waals surface area contributed by atoms with Crippen molar-refractivity contribution in [2.45, 2.75) is 52.9 Å². The topological polar surface area (TPSA) is 0 Å². The first kappa shape index (κ1) is 13.0. The molecular formula is C16H24. The molecule has 1 atom stereocenters. The van der Waals surface area contributed by atoms with Gasteiger partial charge in [0, 0.05) is 0 Å². The lowest BCUT2D eigenvalue weighted by Gasteiger charge is -2.15. The van der Waals surface area contributed by atoms with Crippen LogP contribution in [0.3, 0.4) is 0 Å². The zero-order valence-electron chi connectivity index (χ0n) is 11.1. The number of benzene rings is 1. The summed E-state index contributed by atoms with van der Waals surface area (Å²) in [6.45, 7) is 8.89. The highest BCUT2D eigenvalue weighted by molar-refractivity contribution is 5.35. The lowest BCUT2D eigenvalue weighted by molar-refractivity contribution is 0.764. The van der Waals surface area contributed by atoms with E-state index in [9.17, 15) is 0 Å². The van der Waals surface area contributed by atoms with E-state index in [1.54, 1.807) is 5.56 Å². The van der Waals surface area contributed by atoms with E-state index in [1.165, 1.54) is 11.1 Å². The summed E-state index contributed by atoms with van der Waals surface area (Å²) in [4.78, 5) is 0. The summed E-state index contributed by atoms with van der Waals surface area (Å²) in [6, 6.07) is 6.97. The van der Waals surface area contributed by atoms with Crippen molar-refractivity contribution in [3.63, 3.8) is 0 Å². The van der Waals surface area contributed by atoms with Crippen LogP contribution in [-0.2, 0) is 12.8 Å². The van der Waals surface area contributed by atoms with Crippen molar-refractivity contribution in [1.82, 2.24) is 0 Å². The summed E-state index contributed by atoms with van der Waals surface area (Å²) < 4.78 is 0. The van der Waals surface area contributed by atoms with Crippen LogP contribution in [0.5, 0.6) is 0 Å². The molecule has 1 aromatic carbocycles. The van der Waals surface area contributed by atoms with Gasteiger partial charge in [0.2, 0.25) is 0 Å². The van der Waals surface area contributed by atoms with E-state index in [0.29, 0.717) is 5.92 Å². The van der Waals surface area contributed by atoms with Crippen LogP contribution in [0.4, 0.5) is 0 Å². The Kier molecular flexibility index (Phi) is 5.31. The monoisotopic (exact) mass is 216 g/mol. The molecule has 0 N–H and O–H groups in total. The summed E-state index contributed by atoms with van der Waals surface area (Å²) in [5, 5.41) is 0. The molecule has 0 amide bonds. The summed E-state index contributed by atoms with van der Waals surface area (Å²) in [5.41, 5.74) is 4.51. The largest absolute Gasteiger partial charge is 0.0916 e. The Morgan fingerprint density at radius 3 is 2.50 bits per heavy atom. The molecule has 0 aliphatic rings. The van der Waals surface area contributed by atoms with E-state index in [-0.39, 0.29) is 0 Å². The van der Waals surface area contributed by atoms with E-state index in [2.05, 4.69) is 58.0 Å². The van der Waals surface area contributed by atoms with E-state index < -0.39 is 0 Å². The maximum Gasteiger partial charge on any atom is -0.0153 e. The second-order valence-electron chi connectivity index (χ2n) is 4.45. The second kappa shape index (κ2) is 6.52. The Bertz CT molecular complexity index is 347. The molecule has 0 saturated heterocycles. The standard InChI is InChI=1S/C16H24/c1-5-8-9-13(4)16-12-14(6-2)10-11-15(16)7-3/h5,8,10-13H,6-7,9H2,1-4H3/b8-5-. The fourth-order valence-corrected chi connectivity index (χ4v) is 2.11. The third-order valence-electron chi connectivity index (χ3n) is 3.26. The molecule has 1 unspecified atom stereocenters. The third-order valence-corrected chi connectivity index (χ3v) is 3.26. The Hall–Kier alpha value is -1.04. The molecule has 0 heteroatoms. The fraction of sp³-hybridized carbons (Fsp3) is 0.500. The highest BCUT2D eigenvalue weighted by Gasteiger charge is 2.08. The first-order valence-corrected chi connectivity index (χ1v) is 6.45. The number of hydrogen-bond acceptors (Lipinski definition) is 0. The highest BCUT2D eigenvalue weighted by Crippen LogP contribution is 2.25. The van der Waals surface area contributed by atoms with Gasteiger partial charge in [-0.15, -0.1) is 0 Å². The number of aryl methyl sites for hydroxylation is 2. The molecule has 1 rings (SSSR count). The van der Waals surface area contributed by atoms with Gasteiger partial charge < -0.3 is 0 Å².